The van der Waals surface area contributed by atoms with E-state index in [1.165, 1.54) is 9.75 Å². The Bertz CT molecular complexity index is 281. The number of hydrogen-bond donors (Lipinski definition) is 1. The van der Waals surface area contributed by atoms with Gasteiger partial charge in [0.25, 0.3) is 0 Å². The predicted molar refractivity (Wildman–Crippen MR) is 61.9 cm³/mol. The number of rotatable bonds is 5. The summed E-state index contributed by atoms with van der Waals surface area (Å²) in [5.41, 5.74) is 0.0483. The molecule has 3 heteroatoms. The normalized spacial score (nSPS) is 12.0. The Labute approximate surface area is 90.3 Å². The van der Waals surface area contributed by atoms with Crippen LogP contribution in [0.25, 0.3) is 0 Å². The van der Waals surface area contributed by atoms with Crippen LogP contribution in [0.4, 0.5) is 0 Å². The molecule has 1 N–H and O–H groups in total. The van der Waals surface area contributed by atoms with Crippen LogP contribution in [0.15, 0.2) is 12.1 Å². The van der Waals surface area contributed by atoms with Gasteiger partial charge in [0.2, 0.25) is 0 Å². The lowest BCUT2D eigenvalue weighted by molar-refractivity contribution is 0.128. The second-order valence-corrected chi connectivity index (χ2v) is 5.56. The van der Waals surface area contributed by atoms with E-state index in [2.05, 4.69) is 38.2 Å². The van der Waals surface area contributed by atoms with Gasteiger partial charge in [-0.25, -0.2) is 0 Å². The molecule has 0 aromatic carbocycles. The first kappa shape index (κ1) is 11.7. The van der Waals surface area contributed by atoms with E-state index in [1.54, 1.807) is 7.11 Å². The maximum Gasteiger partial charge on any atom is 0.0639 e. The minimum Gasteiger partial charge on any atom is -0.383 e. The summed E-state index contributed by atoms with van der Waals surface area (Å²) in [6, 6.07) is 4.33. The molecule has 1 heterocycles. The second kappa shape index (κ2) is 4.91. The minimum atomic E-state index is 0.0483. The van der Waals surface area contributed by atoms with E-state index < -0.39 is 0 Å². The molecular weight excluding hydrogens is 194 g/mol. The zero-order chi connectivity index (χ0) is 10.6. The molecule has 2 nitrogen and oxygen atoms in total. The molecule has 1 aromatic heterocycles. The first-order chi connectivity index (χ1) is 6.53. The van der Waals surface area contributed by atoms with Gasteiger partial charge in [0, 0.05) is 28.9 Å². The average molecular weight is 213 g/mol. The van der Waals surface area contributed by atoms with E-state index in [-0.39, 0.29) is 5.54 Å². The molecule has 0 spiro atoms. The van der Waals surface area contributed by atoms with Crippen LogP contribution in [0, 0.1) is 6.92 Å². The highest BCUT2D eigenvalue weighted by Gasteiger charge is 2.16. The Morgan fingerprint density at radius 1 is 1.43 bits per heavy atom. The summed E-state index contributed by atoms with van der Waals surface area (Å²) in [5, 5.41) is 3.47. The fourth-order valence-corrected chi connectivity index (χ4v) is 2.15. The van der Waals surface area contributed by atoms with Crippen molar-refractivity contribution in [3.63, 3.8) is 0 Å². The van der Waals surface area contributed by atoms with Gasteiger partial charge < -0.3 is 10.1 Å². The molecule has 0 atom stereocenters. The molecule has 0 fully saturated rings. The quantitative estimate of drug-likeness (QED) is 0.811. The van der Waals surface area contributed by atoms with E-state index in [0.29, 0.717) is 0 Å². The summed E-state index contributed by atoms with van der Waals surface area (Å²) < 4.78 is 5.14. The summed E-state index contributed by atoms with van der Waals surface area (Å²) in [5.74, 6) is 0. The van der Waals surface area contributed by atoms with Gasteiger partial charge in [0.05, 0.1) is 6.61 Å². The van der Waals surface area contributed by atoms with Gasteiger partial charge in [0.15, 0.2) is 0 Å². The Morgan fingerprint density at radius 2 is 2.14 bits per heavy atom. The van der Waals surface area contributed by atoms with E-state index in [0.717, 1.165) is 13.2 Å². The van der Waals surface area contributed by atoms with Crippen LogP contribution in [0.3, 0.4) is 0 Å². The van der Waals surface area contributed by atoms with Crippen LogP contribution in [0.1, 0.15) is 23.6 Å². The van der Waals surface area contributed by atoms with Crippen molar-refractivity contribution in [1.82, 2.24) is 5.32 Å². The lowest BCUT2D eigenvalue weighted by Crippen LogP contribution is -2.42. The summed E-state index contributed by atoms with van der Waals surface area (Å²) >= 11 is 1.84. The maximum absolute atomic E-state index is 5.14. The van der Waals surface area contributed by atoms with Gasteiger partial charge in [-0.1, -0.05) is 0 Å². The number of thiophene rings is 1. The molecule has 0 bridgehead atoms. The molecule has 1 rings (SSSR count). The highest BCUT2D eigenvalue weighted by molar-refractivity contribution is 7.11. The zero-order valence-corrected chi connectivity index (χ0v) is 10.2. The smallest absolute Gasteiger partial charge is 0.0639 e. The van der Waals surface area contributed by atoms with Gasteiger partial charge in [-0.3, -0.25) is 0 Å². The fraction of sp³-hybridized carbons (Fsp3) is 0.636. The molecular formula is C11H19NOS. The largest absolute Gasteiger partial charge is 0.383 e. The Kier molecular flexibility index (Phi) is 4.11. The molecule has 0 aliphatic rings. The van der Waals surface area contributed by atoms with Crippen molar-refractivity contribution in [2.45, 2.75) is 32.9 Å². The van der Waals surface area contributed by atoms with Gasteiger partial charge >= 0.3 is 0 Å². The summed E-state index contributed by atoms with van der Waals surface area (Å²) in [6.07, 6.45) is 0. The Morgan fingerprint density at radius 3 is 2.64 bits per heavy atom. The van der Waals surface area contributed by atoms with Crippen LogP contribution in [0.2, 0.25) is 0 Å². The third-order valence-corrected chi connectivity index (χ3v) is 3.04. The lowest BCUT2D eigenvalue weighted by Gasteiger charge is -2.24. The van der Waals surface area contributed by atoms with Gasteiger partial charge in [-0.05, 0) is 32.9 Å². The standard InChI is InChI=1S/C11H19NOS/c1-9-5-6-10(14-9)7-12-11(2,3)8-13-4/h5-6,12H,7-8H2,1-4H3. The highest BCUT2D eigenvalue weighted by Crippen LogP contribution is 2.15. The molecule has 0 saturated heterocycles. The van der Waals surface area contributed by atoms with E-state index in [9.17, 15) is 0 Å². The van der Waals surface area contributed by atoms with Crippen molar-refractivity contribution < 1.29 is 4.74 Å². The summed E-state index contributed by atoms with van der Waals surface area (Å²) in [4.78, 5) is 2.75. The topological polar surface area (TPSA) is 21.3 Å². The van der Waals surface area contributed by atoms with Crippen LogP contribution in [-0.4, -0.2) is 19.3 Å². The monoisotopic (exact) mass is 213 g/mol. The number of hydrogen-bond acceptors (Lipinski definition) is 3. The molecule has 14 heavy (non-hydrogen) atoms. The highest BCUT2D eigenvalue weighted by atomic mass is 32.1. The predicted octanol–water partition coefficient (Wildman–Crippen LogP) is 2.57. The summed E-state index contributed by atoms with van der Waals surface area (Å²) in [7, 11) is 1.73. The average Bonchev–Trinajstić information content (AvgIpc) is 2.48. The first-order valence-corrected chi connectivity index (χ1v) is 5.64. The van der Waals surface area contributed by atoms with Crippen LogP contribution < -0.4 is 5.32 Å². The van der Waals surface area contributed by atoms with E-state index in [4.69, 9.17) is 4.74 Å². The molecule has 0 unspecified atom stereocenters. The SMILES string of the molecule is COCC(C)(C)NCc1ccc(C)s1. The lowest BCUT2D eigenvalue weighted by atomic mass is 10.1. The fourth-order valence-electron chi connectivity index (χ4n) is 1.32. The Balaban J connectivity index is 2.40. The van der Waals surface area contributed by atoms with E-state index >= 15 is 0 Å². The van der Waals surface area contributed by atoms with Crippen LogP contribution in [-0.2, 0) is 11.3 Å². The van der Waals surface area contributed by atoms with E-state index in [1.807, 2.05) is 11.3 Å². The molecule has 0 saturated carbocycles. The summed E-state index contributed by atoms with van der Waals surface area (Å²) in [6.45, 7) is 8.09. The van der Waals surface area contributed by atoms with Gasteiger partial charge in [-0.15, -0.1) is 11.3 Å². The number of methoxy groups -OCH3 is 1. The van der Waals surface area contributed by atoms with Crippen molar-refractivity contribution >= 4 is 11.3 Å². The van der Waals surface area contributed by atoms with Crippen LogP contribution in [0.5, 0.6) is 0 Å². The molecule has 0 amide bonds. The second-order valence-electron chi connectivity index (χ2n) is 4.18. The third kappa shape index (κ3) is 3.78. The molecule has 80 valence electrons. The van der Waals surface area contributed by atoms with Crippen molar-refractivity contribution in [2.75, 3.05) is 13.7 Å². The molecule has 0 radical (unpaired) electrons. The molecule has 1 aromatic rings. The maximum atomic E-state index is 5.14. The van der Waals surface area contributed by atoms with Crippen LogP contribution >= 0.6 is 11.3 Å². The van der Waals surface area contributed by atoms with Crippen molar-refractivity contribution in [1.29, 1.82) is 0 Å². The van der Waals surface area contributed by atoms with Gasteiger partial charge in [-0.2, -0.15) is 0 Å². The first-order valence-electron chi connectivity index (χ1n) is 4.83. The molecule has 0 aliphatic carbocycles. The van der Waals surface area contributed by atoms with Crippen molar-refractivity contribution in [3.8, 4) is 0 Å². The number of aryl methyl sites for hydroxylation is 1. The third-order valence-electron chi connectivity index (χ3n) is 2.04. The zero-order valence-electron chi connectivity index (χ0n) is 9.39. The number of ether oxygens (including phenoxy) is 1. The number of nitrogens with one attached hydrogen (secondary N) is 1. The van der Waals surface area contributed by atoms with Gasteiger partial charge in [0.1, 0.15) is 0 Å². The van der Waals surface area contributed by atoms with Crippen molar-refractivity contribution in [2.24, 2.45) is 0 Å². The minimum absolute atomic E-state index is 0.0483. The Hall–Kier alpha value is -0.380. The van der Waals surface area contributed by atoms with Crippen molar-refractivity contribution in [3.05, 3.63) is 21.9 Å². The molecule has 0 aliphatic heterocycles.